The fourth-order valence-corrected chi connectivity index (χ4v) is 8.86. The van der Waals surface area contributed by atoms with Crippen molar-refractivity contribution in [2.45, 2.75) is 0 Å². The average Bonchev–Trinajstić information content (AvgIpc) is 2.86. The molecule has 0 N–H and O–H groups in total. The molecule has 4 heteroatoms. The first-order chi connectivity index (χ1) is 15.2. The van der Waals surface area contributed by atoms with Crippen molar-refractivity contribution in [3.8, 4) is 11.1 Å². The minimum Gasteiger partial charge on any atom is -1.00 e. The Morgan fingerprint density at radius 1 is 0.438 bits per heavy atom. The molecule has 2 nitrogen and oxygen atoms in total. The predicted molar refractivity (Wildman–Crippen MR) is 132 cm³/mol. The number of hydrogen-bond donors (Lipinski definition) is 0. The van der Waals surface area contributed by atoms with E-state index in [0.29, 0.717) is 10.9 Å². The van der Waals surface area contributed by atoms with Gasteiger partial charge in [-0.05, 0) is 42.0 Å². The summed E-state index contributed by atoms with van der Waals surface area (Å²) in [4.78, 5) is 26.3. The summed E-state index contributed by atoms with van der Waals surface area (Å²) in [6.45, 7) is 0. The molecule has 0 saturated carbocycles. The van der Waals surface area contributed by atoms with Crippen molar-refractivity contribution in [2.24, 2.45) is 0 Å². The Labute approximate surface area is 193 Å². The molecule has 5 aromatic rings. The predicted octanol–water partition coefficient (Wildman–Crippen LogP) is 0.573. The van der Waals surface area contributed by atoms with Crippen LogP contribution in [0.25, 0.3) is 11.1 Å². The van der Waals surface area contributed by atoms with E-state index in [9.17, 15) is 9.59 Å². The monoisotopic (exact) mass is 454 g/mol. The molecular formula is C28H20ClO2P. The second kappa shape index (κ2) is 9.04. The molecule has 0 aromatic heterocycles. The Balaban J connectivity index is 0.00000245. The van der Waals surface area contributed by atoms with Crippen LogP contribution in [0.4, 0.5) is 0 Å². The summed E-state index contributed by atoms with van der Waals surface area (Å²) in [5.41, 5.74) is 0.585. The molecule has 0 bridgehead atoms. The van der Waals surface area contributed by atoms with E-state index in [1.165, 1.54) is 0 Å². The van der Waals surface area contributed by atoms with Gasteiger partial charge in [0.25, 0.3) is 5.43 Å². The minimum atomic E-state index is -2.56. The molecule has 0 aliphatic carbocycles. The summed E-state index contributed by atoms with van der Waals surface area (Å²) in [5.74, 6) is 0. The first-order valence-electron chi connectivity index (χ1n) is 10.2. The van der Waals surface area contributed by atoms with Crippen LogP contribution < -0.4 is 44.5 Å². The maximum Gasteiger partial charge on any atom is 0.270 e. The Morgan fingerprint density at radius 3 is 1.16 bits per heavy atom. The third kappa shape index (κ3) is 3.33. The topological polar surface area (TPSA) is 34.1 Å². The summed E-state index contributed by atoms with van der Waals surface area (Å²) in [6, 6.07) is 40.0. The van der Waals surface area contributed by atoms with E-state index in [4.69, 9.17) is 0 Å². The maximum atomic E-state index is 13.3. The lowest BCUT2D eigenvalue weighted by molar-refractivity contribution is -0.00000592. The van der Waals surface area contributed by atoms with Gasteiger partial charge in [-0.15, -0.1) is 0 Å². The summed E-state index contributed by atoms with van der Waals surface area (Å²) in [5, 5.41) is 3.84. The van der Waals surface area contributed by atoms with E-state index in [0.717, 1.165) is 21.5 Å². The van der Waals surface area contributed by atoms with Crippen LogP contribution in [0.5, 0.6) is 0 Å². The van der Waals surface area contributed by atoms with Crippen molar-refractivity contribution in [2.75, 3.05) is 0 Å². The Hall–Kier alpha value is -3.32. The van der Waals surface area contributed by atoms with Crippen molar-refractivity contribution in [1.29, 1.82) is 0 Å². The molecule has 0 radical (unpaired) electrons. The van der Waals surface area contributed by atoms with Gasteiger partial charge in [0.05, 0.1) is 5.56 Å². The van der Waals surface area contributed by atoms with E-state index >= 15 is 0 Å². The third-order valence-corrected chi connectivity index (χ3v) is 10.0. The summed E-state index contributed by atoms with van der Waals surface area (Å²) in [7, 11) is -2.56. The molecule has 0 saturated heterocycles. The standard InChI is InChI=1S/C28H20O2P.ClH/c29-26-25(21-13-5-1-6-14-21)28(27(26)30)31(22-15-7-2-8-16-22,23-17-9-3-10-18-23)24-19-11-4-12-20-24;/h1-20H;1H/q+1;/p-1. The first-order valence-corrected chi connectivity index (χ1v) is 12.0. The summed E-state index contributed by atoms with van der Waals surface area (Å²) < 4.78 is 0. The molecule has 0 unspecified atom stereocenters. The fourth-order valence-electron chi connectivity index (χ4n) is 4.36. The molecule has 156 valence electrons. The van der Waals surface area contributed by atoms with Gasteiger partial charge in [0.2, 0.25) is 5.43 Å². The minimum absolute atomic E-state index is 0. The number of hydrogen-bond acceptors (Lipinski definition) is 2. The largest absolute Gasteiger partial charge is 1.00 e. The SMILES string of the molecule is O=c1c(-c2ccccc2)c([P+](c2ccccc2)(c2ccccc2)c2ccccc2)c1=O.[Cl-]. The second-order valence-corrected chi connectivity index (χ2v) is 10.8. The highest BCUT2D eigenvalue weighted by Crippen LogP contribution is 2.55. The van der Waals surface area contributed by atoms with Gasteiger partial charge >= 0.3 is 0 Å². The van der Waals surface area contributed by atoms with Gasteiger partial charge in [-0.2, -0.15) is 0 Å². The van der Waals surface area contributed by atoms with Crippen molar-refractivity contribution in [1.82, 2.24) is 0 Å². The molecule has 5 aromatic carbocycles. The van der Waals surface area contributed by atoms with E-state index in [-0.39, 0.29) is 17.8 Å². The van der Waals surface area contributed by atoms with Gasteiger partial charge in [0, 0.05) is 0 Å². The summed E-state index contributed by atoms with van der Waals surface area (Å²) >= 11 is 0. The Bertz CT molecular complexity index is 1300. The molecule has 0 aliphatic rings. The molecule has 0 spiro atoms. The van der Waals surface area contributed by atoms with Crippen molar-refractivity contribution in [3.05, 3.63) is 142 Å². The smallest absolute Gasteiger partial charge is 0.270 e. The van der Waals surface area contributed by atoms with Gasteiger partial charge < -0.3 is 12.4 Å². The van der Waals surface area contributed by atoms with Gasteiger partial charge in [-0.1, -0.05) is 84.9 Å². The van der Waals surface area contributed by atoms with E-state index in [1.807, 2.05) is 84.9 Å². The zero-order valence-electron chi connectivity index (χ0n) is 17.2. The molecule has 5 rings (SSSR count). The van der Waals surface area contributed by atoms with E-state index in [1.54, 1.807) is 0 Å². The van der Waals surface area contributed by atoms with Crippen LogP contribution in [0.1, 0.15) is 0 Å². The van der Waals surface area contributed by atoms with Crippen LogP contribution in [-0.2, 0) is 0 Å². The normalized spacial score (nSPS) is 11.1. The molecule has 0 fully saturated rings. The van der Waals surface area contributed by atoms with Crippen LogP contribution in [0.15, 0.2) is 131 Å². The zero-order valence-corrected chi connectivity index (χ0v) is 18.8. The van der Waals surface area contributed by atoms with Gasteiger partial charge in [0.1, 0.15) is 23.2 Å². The number of rotatable bonds is 5. The fraction of sp³-hybridized carbons (Fsp3) is 0. The molecule has 0 aliphatic heterocycles. The van der Waals surface area contributed by atoms with Crippen LogP contribution >= 0.6 is 7.26 Å². The Kier molecular flexibility index (Phi) is 6.19. The molecular weight excluding hydrogens is 435 g/mol. The van der Waals surface area contributed by atoms with Crippen LogP contribution in [0.2, 0.25) is 0 Å². The molecule has 0 amide bonds. The van der Waals surface area contributed by atoms with Crippen molar-refractivity contribution < 1.29 is 12.4 Å². The lowest BCUT2D eigenvalue weighted by Gasteiger charge is -2.29. The molecule has 32 heavy (non-hydrogen) atoms. The maximum absolute atomic E-state index is 13.3. The van der Waals surface area contributed by atoms with Crippen LogP contribution in [0, 0.1) is 0 Å². The lowest BCUT2D eigenvalue weighted by atomic mass is 10.0. The van der Waals surface area contributed by atoms with Crippen LogP contribution in [-0.4, -0.2) is 0 Å². The highest BCUT2D eigenvalue weighted by atomic mass is 35.5. The average molecular weight is 455 g/mol. The van der Waals surface area contributed by atoms with Gasteiger partial charge in [-0.3, -0.25) is 9.59 Å². The number of benzene rings is 4. The summed E-state index contributed by atoms with van der Waals surface area (Å²) in [6.07, 6.45) is 0. The van der Waals surface area contributed by atoms with Gasteiger partial charge in [0.15, 0.2) is 5.30 Å². The van der Waals surface area contributed by atoms with E-state index in [2.05, 4.69) is 36.4 Å². The number of halogens is 1. The zero-order chi connectivity index (χ0) is 21.3. The lowest BCUT2D eigenvalue weighted by Crippen LogP contribution is -3.00. The molecule has 0 heterocycles. The van der Waals surface area contributed by atoms with Crippen LogP contribution in [0.3, 0.4) is 0 Å². The second-order valence-electron chi connectivity index (χ2n) is 7.43. The Morgan fingerprint density at radius 2 is 0.781 bits per heavy atom. The van der Waals surface area contributed by atoms with Crippen molar-refractivity contribution in [3.63, 3.8) is 0 Å². The highest BCUT2D eigenvalue weighted by molar-refractivity contribution is 8.01. The van der Waals surface area contributed by atoms with Crippen molar-refractivity contribution >= 4 is 28.5 Å². The quantitative estimate of drug-likeness (QED) is 0.287. The molecule has 0 atom stereocenters. The third-order valence-electron chi connectivity index (χ3n) is 5.71. The van der Waals surface area contributed by atoms with Gasteiger partial charge in [-0.25, -0.2) is 0 Å². The first kappa shape index (κ1) is 21.9. The van der Waals surface area contributed by atoms with E-state index < -0.39 is 12.7 Å². The highest BCUT2D eigenvalue weighted by Gasteiger charge is 2.54.